The van der Waals surface area contributed by atoms with Gasteiger partial charge in [-0.15, -0.1) is 0 Å². The fourth-order valence-electron chi connectivity index (χ4n) is 4.08. The van der Waals surface area contributed by atoms with Crippen LogP contribution >= 0.6 is 0 Å². The van der Waals surface area contributed by atoms with Gasteiger partial charge < -0.3 is 15.3 Å². The van der Waals surface area contributed by atoms with Crippen molar-refractivity contribution in [1.82, 2.24) is 15.3 Å². The molecule has 2 heterocycles. The van der Waals surface area contributed by atoms with Crippen molar-refractivity contribution in [3.63, 3.8) is 0 Å². The highest BCUT2D eigenvalue weighted by Gasteiger charge is 2.26. The number of carbonyl (C=O) groups excluding carboxylic acids is 1. The second-order valence-electron chi connectivity index (χ2n) is 6.73. The molecule has 0 aliphatic heterocycles. The van der Waals surface area contributed by atoms with Gasteiger partial charge in [-0.2, -0.15) is 0 Å². The van der Waals surface area contributed by atoms with Gasteiger partial charge in [-0.05, 0) is 49.1 Å². The van der Waals surface area contributed by atoms with Crippen LogP contribution in [0.1, 0.15) is 40.5 Å². The number of para-hydroxylation sites is 1. The molecule has 0 bridgehead atoms. The lowest BCUT2D eigenvalue weighted by Crippen LogP contribution is -2.31. The van der Waals surface area contributed by atoms with Crippen molar-refractivity contribution in [2.24, 2.45) is 0 Å². The molecule has 25 heavy (non-hydrogen) atoms. The molecule has 1 aliphatic rings. The lowest BCUT2D eigenvalue weighted by molar-refractivity contribution is 0.0933. The number of H-pyrrole nitrogens is 2. The van der Waals surface area contributed by atoms with E-state index in [-0.39, 0.29) is 11.9 Å². The normalized spacial score (nSPS) is 16.9. The summed E-state index contributed by atoms with van der Waals surface area (Å²) < 4.78 is 0. The van der Waals surface area contributed by atoms with E-state index in [9.17, 15) is 4.79 Å². The first-order chi connectivity index (χ1) is 12.3. The van der Waals surface area contributed by atoms with Crippen LogP contribution in [-0.2, 0) is 6.42 Å². The number of aromatic nitrogens is 2. The number of hydrogen-bond acceptors (Lipinski definition) is 1. The second kappa shape index (κ2) is 5.52. The summed E-state index contributed by atoms with van der Waals surface area (Å²) in [5, 5.41) is 5.50. The third-order valence-corrected chi connectivity index (χ3v) is 5.26. The average Bonchev–Trinajstić information content (AvgIpc) is 3.26. The Morgan fingerprint density at radius 3 is 2.84 bits per heavy atom. The van der Waals surface area contributed by atoms with E-state index >= 15 is 0 Å². The van der Waals surface area contributed by atoms with Crippen molar-refractivity contribution in [3.05, 3.63) is 71.5 Å². The van der Waals surface area contributed by atoms with Gasteiger partial charge in [-0.1, -0.05) is 24.3 Å². The predicted octanol–water partition coefficient (Wildman–Crippen LogP) is 4.46. The summed E-state index contributed by atoms with van der Waals surface area (Å²) in [5.74, 6) is -0.0123. The highest BCUT2D eigenvalue weighted by Crippen LogP contribution is 2.35. The van der Waals surface area contributed by atoms with Crippen molar-refractivity contribution in [3.8, 4) is 0 Å². The van der Waals surface area contributed by atoms with Gasteiger partial charge in [0.15, 0.2) is 0 Å². The fraction of sp³-hybridized carbons (Fsp3) is 0.190. The lowest BCUT2D eigenvalue weighted by Gasteiger charge is -2.24. The molecular formula is C21H19N3O. The molecule has 4 nitrogen and oxygen atoms in total. The van der Waals surface area contributed by atoms with Crippen molar-refractivity contribution in [2.45, 2.75) is 25.3 Å². The molecule has 0 unspecified atom stereocenters. The number of nitrogens with one attached hydrogen (secondary N) is 3. The zero-order valence-corrected chi connectivity index (χ0v) is 13.8. The van der Waals surface area contributed by atoms with E-state index in [4.69, 9.17) is 0 Å². The molecule has 5 rings (SSSR count). The minimum Gasteiger partial charge on any atom is -0.361 e. The molecule has 3 N–H and O–H groups in total. The van der Waals surface area contributed by atoms with E-state index < -0.39 is 0 Å². The Kier molecular flexibility index (Phi) is 3.17. The van der Waals surface area contributed by atoms with E-state index in [0.717, 1.165) is 41.2 Å². The number of rotatable bonds is 2. The number of hydrogen-bond donors (Lipinski definition) is 3. The number of aromatic amines is 2. The summed E-state index contributed by atoms with van der Waals surface area (Å²) >= 11 is 0. The molecule has 2 aromatic heterocycles. The van der Waals surface area contributed by atoms with Crippen molar-refractivity contribution in [2.75, 3.05) is 0 Å². The van der Waals surface area contributed by atoms with Gasteiger partial charge in [0, 0.05) is 39.3 Å². The Labute approximate surface area is 145 Å². The number of aryl methyl sites for hydroxylation is 1. The van der Waals surface area contributed by atoms with E-state index in [2.05, 4.69) is 33.5 Å². The molecule has 0 spiro atoms. The van der Waals surface area contributed by atoms with E-state index in [0.29, 0.717) is 0 Å². The SMILES string of the molecule is O=C(N[C@@H]1CCCc2c1[nH]c1ccccc21)c1cccc2[nH]ccc12. The molecule has 4 heteroatoms. The van der Waals surface area contributed by atoms with Gasteiger partial charge in [0.25, 0.3) is 5.91 Å². The number of benzene rings is 2. The smallest absolute Gasteiger partial charge is 0.252 e. The number of carbonyl (C=O) groups is 1. The first-order valence-corrected chi connectivity index (χ1v) is 8.78. The molecule has 0 saturated heterocycles. The summed E-state index contributed by atoms with van der Waals surface area (Å²) in [7, 11) is 0. The molecule has 0 fully saturated rings. The summed E-state index contributed by atoms with van der Waals surface area (Å²) in [6, 6.07) is 16.2. The maximum Gasteiger partial charge on any atom is 0.252 e. The second-order valence-corrected chi connectivity index (χ2v) is 6.73. The fourth-order valence-corrected chi connectivity index (χ4v) is 4.08. The maximum absolute atomic E-state index is 12.9. The van der Waals surface area contributed by atoms with Crippen molar-refractivity contribution >= 4 is 27.7 Å². The highest BCUT2D eigenvalue weighted by atomic mass is 16.1. The first-order valence-electron chi connectivity index (χ1n) is 8.78. The Morgan fingerprint density at radius 1 is 1.00 bits per heavy atom. The standard InChI is InChI=1S/C21H19N3O/c25-21(16-7-4-9-17-14(16)11-12-22-17)24-19-10-3-6-15-13-5-1-2-8-18(13)23-20(15)19/h1-2,4-5,7-9,11-12,19,22-23H,3,6,10H2,(H,24,25)/t19-/m1/s1. The van der Waals surface area contributed by atoms with Crippen LogP contribution in [0.2, 0.25) is 0 Å². The van der Waals surface area contributed by atoms with E-state index in [1.165, 1.54) is 16.6 Å². The van der Waals surface area contributed by atoms with Crippen molar-refractivity contribution < 1.29 is 4.79 Å². The average molecular weight is 329 g/mol. The van der Waals surface area contributed by atoms with Gasteiger partial charge >= 0.3 is 0 Å². The van der Waals surface area contributed by atoms with Crippen LogP contribution in [0.15, 0.2) is 54.7 Å². The zero-order chi connectivity index (χ0) is 16.8. The van der Waals surface area contributed by atoms with Gasteiger partial charge in [0.2, 0.25) is 0 Å². The highest BCUT2D eigenvalue weighted by molar-refractivity contribution is 6.06. The van der Waals surface area contributed by atoms with Crippen LogP contribution in [0.4, 0.5) is 0 Å². The van der Waals surface area contributed by atoms with Gasteiger partial charge in [0.1, 0.15) is 0 Å². The van der Waals surface area contributed by atoms with Crippen molar-refractivity contribution in [1.29, 1.82) is 0 Å². The maximum atomic E-state index is 12.9. The Hall–Kier alpha value is -3.01. The minimum atomic E-state index is -0.0123. The molecule has 2 aromatic carbocycles. The Morgan fingerprint density at radius 2 is 1.88 bits per heavy atom. The molecule has 1 aliphatic carbocycles. The molecule has 124 valence electrons. The molecule has 1 amide bonds. The first kappa shape index (κ1) is 14.3. The summed E-state index contributed by atoms with van der Waals surface area (Å²) in [6.07, 6.45) is 5.00. The van der Waals surface area contributed by atoms with Crippen LogP contribution in [0.25, 0.3) is 21.8 Å². The van der Waals surface area contributed by atoms with Crippen LogP contribution in [0.5, 0.6) is 0 Å². The largest absolute Gasteiger partial charge is 0.361 e. The topological polar surface area (TPSA) is 60.7 Å². The summed E-state index contributed by atoms with van der Waals surface area (Å²) in [5.41, 5.74) is 5.39. The third-order valence-electron chi connectivity index (χ3n) is 5.26. The Bertz CT molecular complexity index is 1090. The number of amides is 1. The Balaban J connectivity index is 1.51. The number of fused-ring (bicyclic) bond motifs is 4. The molecule has 1 atom stereocenters. The van der Waals surface area contributed by atoms with E-state index in [1.807, 2.05) is 36.5 Å². The zero-order valence-electron chi connectivity index (χ0n) is 13.8. The van der Waals surface area contributed by atoms with Crippen LogP contribution in [-0.4, -0.2) is 15.9 Å². The minimum absolute atomic E-state index is 0.0123. The molecule has 0 saturated carbocycles. The van der Waals surface area contributed by atoms with Crippen LogP contribution in [0.3, 0.4) is 0 Å². The molecular weight excluding hydrogens is 310 g/mol. The lowest BCUT2D eigenvalue weighted by atomic mass is 9.91. The van der Waals surface area contributed by atoms with Gasteiger partial charge in [-0.3, -0.25) is 4.79 Å². The summed E-state index contributed by atoms with van der Waals surface area (Å²) in [6.45, 7) is 0. The summed E-state index contributed by atoms with van der Waals surface area (Å²) in [4.78, 5) is 19.6. The van der Waals surface area contributed by atoms with E-state index in [1.54, 1.807) is 0 Å². The monoisotopic (exact) mass is 329 g/mol. The van der Waals surface area contributed by atoms with Crippen LogP contribution < -0.4 is 5.32 Å². The molecule has 0 radical (unpaired) electrons. The quantitative estimate of drug-likeness (QED) is 0.500. The predicted molar refractivity (Wildman–Crippen MR) is 99.7 cm³/mol. The third kappa shape index (κ3) is 2.25. The van der Waals surface area contributed by atoms with Gasteiger partial charge in [-0.25, -0.2) is 0 Å². The van der Waals surface area contributed by atoms with Crippen LogP contribution in [0, 0.1) is 0 Å². The van der Waals surface area contributed by atoms with Gasteiger partial charge in [0.05, 0.1) is 6.04 Å². The molecule has 4 aromatic rings.